The van der Waals surface area contributed by atoms with Crippen LogP contribution in [0.5, 0.6) is 0 Å². The first-order valence-corrected chi connectivity index (χ1v) is 4.10. The van der Waals surface area contributed by atoms with Gasteiger partial charge in [0.15, 0.2) is 0 Å². The zero-order valence-corrected chi connectivity index (χ0v) is 7.25. The van der Waals surface area contributed by atoms with Crippen molar-refractivity contribution in [3.05, 3.63) is 40.0 Å². The van der Waals surface area contributed by atoms with Gasteiger partial charge in [0.1, 0.15) is 0 Å². The van der Waals surface area contributed by atoms with Crippen LogP contribution in [0.15, 0.2) is 24.3 Å². The highest BCUT2D eigenvalue weighted by Crippen LogP contribution is 2.28. The third-order valence-electron chi connectivity index (χ3n) is 2.08. The van der Waals surface area contributed by atoms with E-state index in [4.69, 9.17) is 0 Å². The van der Waals surface area contributed by atoms with Crippen LogP contribution in [0.25, 0.3) is 6.08 Å². The van der Waals surface area contributed by atoms with Crippen molar-refractivity contribution < 1.29 is 10.1 Å². The Labute approximate surface area is 80.0 Å². The SMILES string of the molecule is O=[N+]([O-])c1ccc2c(c1)N(O)CC=C2. The van der Waals surface area contributed by atoms with Gasteiger partial charge in [0.25, 0.3) is 5.69 Å². The van der Waals surface area contributed by atoms with Crippen molar-refractivity contribution in [3.63, 3.8) is 0 Å². The number of non-ortho nitro benzene ring substituents is 1. The lowest BCUT2D eigenvalue weighted by molar-refractivity contribution is -0.384. The maximum Gasteiger partial charge on any atom is 0.271 e. The highest BCUT2D eigenvalue weighted by atomic mass is 16.6. The van der Waals surface area contributed by atoms with E-state index >= 15 is 0 Å². The molecule has 2 rings (SSSR count). The lowest BCUT2D eigenvalue weighted by atomic mass is 10.1. The minimum Gasteiger partial charge on any atom is -0.288 e. The number of fused-ring (bicyclic) bond motifs is 1. The van der Waals surface area contributed by atoms with Crippen molar-refractivity contribution in [2.45, 2.75) is 0 Å². The molecule has 1 aromatic rings. The minimum atomic E-state index is -0.480. The molecule has 0 saturated heterocycles. The molecule has 14 heavy (non-hydrogen) atoms. The van der Waals surface area contributed by atoms with E-state index in [0.29, 0.717) is 12.2 Å². The van der Waals surface area contributed by atoms with E-state index in [1.54, 1.807) is 12.1 Å². The van der Waals surface area contributed by atoms with Gasteiger partial charge in [-0.2, -0.15) is 0 Å². The minimum absolute atomic E-state index is 0.0156. The number of nitro groups is 1. The molecular weight excluding hydrogens is 184 g/mol. The normalized spacial score (nSPS) is 13.9. The fraction of sp³-hybridized carbons (Fsp3) is 0.111. The monoisotopic (exact) mass is 192 g/mol. The summed E-state index contributed by atoms with van der Waals surface area (Å²) < 4.78 is 0. The van der Waals surface area contributed by atoms with Crippen molar-refractivity contribution in [2.75, 3.05) is 11.6 Å². The van der Waals surface area contributed by atoms with Crippen molar-refractivity contribution in [3.8, 4) is 0 Å². The number of benzene rings is 1. The van der Waals surface area contributed by atoms with Gasteiger partial charge in [-0.1, -0.05) is 12.2 Å². The Bertz CT molecular complexity index is 415. The van der Waals surface area contributed by atoms with E-state index in [1.165, 1.54) is 12.1 Å². The number of hydrogen-bond acceptors (Lipinski definition) is 4. The van der Waals surface area contributed by atoms with Gasteiger partial charge in [-0.3, -0.25) is 20.4 Å². The zero-order valence-electron chi connectivity index (χ0n) is 7.25. The van der Waals surface area contributed by atoms with E-state index in [2.05, 4.69) is 0 Å². The molecule has 5 nitrogen and oxygen atoms in total. The van der Waals surface area contributed by atoms with Crippen LogP contribution >= 0.6 is 0 Å². The van der Waals surface area contributed by atoms with Crippen molar-refractivity contribution in [1.29, 1.82) is 0 Å². The third kappa shape index (κ3) is 1.33. The summed E-state index contributed by atoms with van der Waals surface area (Å²) in [4.78, 5) is 10.0. The first-order chi connectivity index (χ1) is 6.68. The number of rotatable bonds is 1. The van der Waals surface area contributed by atoms with Crippen molar-refractivity contribution >= 4 is 17.5 Å². The van der Waals surface area contributed by atoms with Gasteiger partial charge in [-0.15, -0.1) is 0 Å². The summed E-state index contributed by atoms with van der Waals surface area (Å²) in [6, 6.07) is 4.40. The summed E-state index contributed by atoms with van der Waals surface area (Å²) in [6.07, 6.45) is 3.61. The summed E-state index contributed by atoms with van der Waals surface area (Å²) >= 11 is 0. The molecule has 0 spiro atoms. The Morgan fingerprint density at radius 3 is 3.00 bits per heavy atom. The second kappa shape index (κ2) is 3.12. The van der Waals surface area contributed by atoms with Crippen LogP contribution in [0, 0.1) is 10.1 Å². The molecule has 0 radical (unpaired) electrons. The topological polar surface area (TPSA) is 66.6 Å². The third-order valence-corrected chi connectivity index (χ3v) is 2.08. The Kier molecular flexibility index (Phi) is 1.94. The molecular formula is C9H8N2O3. The van der Waals surface area contributed by atoms with Gasteiger partial charge in [0.2, 0.25) is 0 Å². The first kappa shape index (κ1) is 8.71. The van der Waals surface area contributed by atoms with E-state index < -0.39 is 4.92 Å². The molecule has 0 amide bonds. The summed E-state index contributed by atoms with van der Waals surface area (Å²) in [6.45, 7) is 0.355. The maximum absolute atomic E-state index is 10.5. The van der Waals surface area contributed by atoms with Gasteiger partial charge in [0.05, 0.1) is 17.2 Å². The van der Waals surface area contributed by atoms with Crippen LogP contribution in [-0.2, 0) is 0 Å². The van der Waals surface area contributed by atoms with Crippen LogP contribution in [0.2, 0.25) is 0 Å². The standard InChI is InChI=1S/C9H8N2O3/c12-10-5-1-2-7-3-4-8(11(13)14)6-9(7)10/h1-4,6,12H,5H2. The summed E-state index contributed by atoms with van der Waals surface area (Å²) in [5.74, 6) is 0. The molecule has 1 N–H and O–H groups in total. The molecule has 0 saturated carbocycles. The van der Waals surface area contributed by atoms with E-state index in [9.17, 15) is 15.3 Å². The predicted molar refractivity (Wildman–Crippen MR) is 51.3 cm³/mol. The summed E-state index contributed by atoms with van der Waals surface area (Å²) in [5, 5.41) is 20.9. The quantitative estimate of drug-likeness (QED) is 0.544. The lowest BCUT2D eigenvalue weighted by Crippen LogP contribution is -2.21. The van der Waals surface area contributed by atoms with Gasteiger partial charge < -0.3 is 0 Å². The van der Waals surface area contributed by atoms with Gasteiger partial charge >= 0.3 is 0 Å². The lowest BCUT2D eigenvalue weighted by Gasteiger charge is -2.20. The average molecular weight is 192 g/mol. The smallest absolute Gasteiger partial charge is 0.271 e. The number of nitro benzene ring substituents is 1. The number of nitrogens with zero attached hydrogens (tertiary/aromatic N) is 2. The molecule has 1 aromatic carbocycles. The first-order valence-electron chi connectivity index (χ1n) is 4.10. The molecule has 0 aliphatic carbocycles. The van der Waals surface area contributed by atoms with Crippen LogP contribution in [0.4, 0.5) is 11.4 Å². The van der Waals surface area contributed by atoms with Crippen LogP contribution in [0.3, 0.4) is 0 Å². The number of hydrogen-bond donors (Lipinski definition) is 1. The molecule has 1 aliphatic heterocycles. The molecule has 1 aliphatic rings. The number of anilines is 1. The van der Waals surface area contributed by atoms with Crippen molar-refractivity contribution in [1.82, 2.24) is 0 Å². The van der Waals surface area contributed by atoms with E-state index in [1.807, 2.05) is 6.08 Å². The van der Waals surface area contributed by atoms with Crippen molar-refractivity contribution in [2.24, 2.45) is 0 Å². The molecule has 72 valence electrons. The Balaban J connectivity index is 2.52. The molecule has 0 unspecified atom stereocenters. The average Bonchev–Trinajstić information content (AvgIpc) is 2.18. The second-order valence-electron chi connectivity index (χ2n) is 2.98. The highest BCUT2D eigenvalue weighted by molar-refractivity contribution is 5.72. The molecule has 0 bridgehead atoms. The summed E-state index contributed by atoms with van der Waals surface area (Å²) in [7, 11) is 0. The van der Waals surface area contributed by atoms with Crippen LogP contribution in [-0.4, -0.2) is 16.7 Å². The molecule has 0 aromatic heterocycles. The Morgan fingerprint density at radius 2 is 2.29 bits per heavy atom. The van der Waals surface area contributed by atoms with Gasteiger partial charge in [0, 0.05) is 17.7 Å². The van der Waals surface area contributed by atoms with Crippen LogP contribution < -0.4 is 5.06 Å². The maximum atomic E-state index is 10.5. The second-order valence-corrected chi connectivity index (χ2v) is 2.98. The zero-order chi connectivity index (χ0) is 10.1. The fourth-order valence-corrected chi connectivity index (χ4v) is 1.39. The molecule has 0 fully saturated rings. The molecule has 5 heteroatoms. The van der Waals surface area contributed by atoms with Gasteiger partial charge in [-0.25, -0.2) is 0 Å². The Hall–Kier alpha value is -1.88. The largest absolute Gasteiger partial charge is 0.288 e. The summed E-state index contributed by atoms with van der Waals surface area (Å²) in [5.41, 5.74) is 1.24. The molecule has 1 heterocycles. The molecule has 0 atom stereocenters. The van der Waals surface area contributed by atoms with Gasteiger partial charge in [-0.05, 0) is 6.07 Å². The highest BCUT2D eigenvalue weighted by Gasteiger charge is 2.15. The van der Waals surface area contributed by atoms with E-state index in [0.717, 1.165) is 10.6 Å². The van der Waals surface area contributed by atoms with Crippen LogP contribution in [0.1, 0.15) is 5.56 Å². The number of hydroxylamine groups is 1. The predicted octanol–water partition coefficient (Wildman–Crippen LogP) is 1.82. The fourth-order valence-electron chi connectivity index (χ4n) is 1.39. The van der Waals surface area contributed by atoms with E-state index in [-0.39, 0.29) is 5.69 Å². The Morgan fingerprint density at radius 1 is 1.50 bits per heavy atom.